The van der Waals surface area contributed by atoms with Crippen molar-refractivity contribution in [3.63, 3.8) is 0 Å². The van der Waals surface area contributed by atoms with Crippen LogP contribution in [-0.2, 0) is 4.79 Å². The zero-order valence-corrected chi connectivity index (χ0v) is 15.2. The molecule has 4 heteroatoms. The standard InChI is InChI=1S/C19H32N2O.ClH/c1-12(15-3-2-4-20-11-15)5-18(22)21-19-16-7-13-6-14(9-16)10-17(19)8-13;/h12-17,19-20H,2-11H2,1H3,(H,21,22);1H. The molecule has 5 aliphatic rings. The molecule has 1 heterocycles. The van der Waals surface area contributed by atoms with Gasteiger partial charge in [-0.2, -0.15) is 0 Å². The lowest BCUT2D eigenvalue weighted by atomic mass is 9.54. The van der Waals surface area contributed by atoms with Gasteiger partial charge in [-0.15, -0.1) is 12.4 Å². The Bertz CT molecular complexity index is 394. The van der Waals surface area contributed by atoms with Gasteiger partial charge in [-0.25, -0.2) is 0 Å². The van der Waals surface area contributed by atoms with E-state index < -0.39 is 0 Å². The van der Waals surface area contributed by atoms with Gasteiger partial charge in [0.15, 0.2) is 0 Å². The fraction of sp³-hybridized carbons (Fsp3) is 0.947. The predicted octanol–water partition coefficient (Wildman–Crippen LogP) is 3.37. The van der Waals surface area contributed by atoms with Crippen molar-refractivity contribution in [1.29, 1.82) is 0 Å². The highest BCUT2D eigenvalue weighted by atomic mass is 35.5. The normalized spacial score (nSPS) is 42.8. The number of halogens is 1. The van der Waals surface area contributed by atoms with Crippen LogP contribution >= 0.6 is 12.4 Å². The Labute approximate surface area is 147 Å². The SMILES string of the molecule is CC(CC(=O)NC1C2CC3CC(C2)CC1C3)C1CCCNC1.Cl. The van der Waals surface area contributed by atoms with E-state index in [2.05, 4.69) is 17.6 Å². The molecule has 1 saturated heterocycles. The highest BCUT2D eigenvalue weighted by Crippen LogP contribution is 2.53. The van der Waals surface area contributed by atoms with E-state index in [4.69, 9.17) is 0 Å². The summed E-state index contributed by atoms with van der Waals surface area (Å²) >= 11 is 0. The lowest BCUT2D eigenvalue weighted by Gasteiger charge is -2.54. The van der Waals surface area contributed by atoms with Crippen LogP contribution in [0.15, 0.2) is 0 Å². The number of hydrogen-bond donors (Lipinski definition) is 2. The van der Waals surface area contributed by atoms with Crippen LogP contribution in [0.3, 0.4) is 0 Å². The average molecular weight is 341 g/mol. The van der Waals surface area contributed by atoms with E-state index in [0.29, 0.717) is 23.8 Å². The number of amides is 1. The zero-order chi connectivity index (χ0) is 15.1. The van der Waals surface area contributed by atoms with Crippen molar-refractivity contribution in [3.05, 3.63) is 0 Å². The molecule has 4 aliphatic carbocycles. The molecule has 3 nitrogen and oxygen atoms in total. The maximum absolute atomic E-state index is 12.6. The van der Waals surface area contributed by atoms with Gasteiger partial charge in [0.25, 0.3) is 0 Å². The second kappa shape index (κ2) is 7.31. The molecular weight excluding hydrogens is 308 g/mol. The van der Waals surface area contributed by atoms with E-state index in [-0.39, 0.29) is 12.4 Å². The minimum absolute atomic E-state index is 0. The van der Waals surface area contributed by atoms with E-state index >= 15 is 0 Å². The molecule has 1 aliphatic heterocycles. The van der Waals surface area contributed by atoms with E-state index in [0.717, 1.165) is 43.2 Å². The number of hydrogen-bond acceptors (Lipinski definition) is 2. The van der Waals surface area contributed by atoms with Gasteiger partial charge in [0, 0.05) is 12.5 Å². The maximum Gasteiger partial charge on any atom is 0.220 e. The van der Waals surface area contributed by atoms with Crippen LogP contribution in [-0.4, -0.2) is 25.0 Å². The van der Waals surface area contributed by atoms with Crippen LogP contribution in [0.1, 0.15) is 58.3 Å². The van der Waals surface area contributed by atoms with E-state index in [1.807, 2.05) is 0 Å². The van der Waals surface area contributed by atoms with Crippen LogP contribution in [0.5, 0.6) is 0 Å². The lowest BCUT2D eigenvalue weighted by Crippen LogP contribution is -2.56. The van der Waals surface area contributed by atoms with Crippen molar-refractivity contribution in [2.24, 2.45) is 35.5 Å². The highest BCUT2D eigenvalue weighted by Gasteiger charge is 2.48. The summed E-state index contributed by atoms with van der Waals surface area (Å²) in [5.74, 6) is 5.11. The molecule has 4 saturated carbocycles. The summed E-state index contributed by atoms with van der Waals surface area (Å²) in [4.78, 5) is 12.6. The molecule has 2 unspecified atom stereocenters. The second-order valence-corrected chi connectivity index (χ2v) is 8.81. The molecule has 1 amide bonds. The van der Waals surface area contributed by atoms with Crippen LogP contribution in [0, 0.1) is 35.5 Å². The van der Waals surface area contributed by atoms with Gasteiger partial charge in [-0.1, -0.05) is 6.92 Å². The molecule has 23 heavy (non-hydrogen) atoms. The summed E-state index contributed by atoms with van der Waals surface area (Å²) in [7, 11) is 0. The molecule has 4 bridgehead atoms. The Hall–Kier alpha value is -0.280. The minimum atomic E-state index is 0. The Morgan fingerprint density at radius 2 is 1.78 bits per heavy atom. The fourth-order valence-electron chi connectivity index (χ4n) is 6.23. The smallest absolute Gasteiger partial charge is 0.220 e. The maximum atomic E-state index is 12.6. The van der Waals surface area contributed by atoms with Crippen LogP contribution in [0.25, 0.3) is 0 Å². The molecule has 5 fully saturated rings. The van der Waals surface area contributed by atoms with Crippen molar-refractivity contribution in [2.75, 3.05) is 13.1 Å². The Morgan fingerprint density at radius 3 is 2.35 bits per heavy atom. The molecule has 0 aromatic rings. The zero-order valence-electron chi connectivity index (χ0n) is 14.4. The number of carbonyl (C=O) groups excluding carboxylic acids is 1. The fourth-order valence-corrected chi connectivity index (χ4v) is 6.23. The van der Waals surface area contributed by atoms with Crippen molar-refractivity contribution < 1.29 is 4.79 Å². The van der Waals surface area contributed by atoms with Crippen LogP contribution in [0.4, 0.5) is 0 Å². The van der Waals surface area contributed by atoms with Gasteiger partial charge in [0.2, 0.25) is 5.91 Å². The molecule has 132 valence electrons. The molecule has 2 N–H and O–H groups in total. The summed E-state index contributed by atoms with van der Waals surface area (Å²) in [6.07, 6.45) is 10.3. The van der Waals surface area contributed by atoms with Gasteiger partial charge in [-0.3, -0.25) is 4.79 Å². The van der Waals surface area contributed by atoms with Crippen molar-refractivity contribution in [2.45, 2.75) is 64.3 Å². The first-order valence-corrected chi connectivity index (χ1v) is 9.69. The number of nitrogens with one attached hydrogen (secondary N) is 2. The molecule has 0 aromatic carbocycles. The summed E-state index contributed by atoms with van der Waals surface area (Å²) in [5.41, 5.74) is 0. The van der Waals surface area contributed by atoms with Crippen molar-refractivity contribution >= 4 is 18.3 Å². The first-order valence-electron chi connectivity index (χ1n) is 9.69. The average Bonchev–Trinajstić information content (AvgIpc) is 2.51. The summed E-state index contributed by atoms with van der Waals surface area (Å²) < 4.78 is 0. The first kappa shape index (κ1) is 17.5. The van der Waals surface area contributed by atoms with Crippen LogP contribution in [0.2, 0.25) is 0 Å². The monoisotopic (exact) mass is 340 g/mol. The van der Waals surface area contributed by atoms with E-state index in [1.165, 1.54) is 44.9 Å². The third-order valence-electron chi connectivity index (χ3n) is 7.20. The second-order valence-electron chi connectivity index (χ2n) is 8.81. The largest absolute Gasteiger partial charge is 0.353 e. The summed E-state index contributed by atoms with van der Waals surface area (Å²) in [6, 6.07) is 0.511. The molecule has 5 rings (SSSR count). The van der Waals surface area contributed by atoms with E-state index in [9.17, 15) is 4.79 Å². The Kier molecular flexibility index (Phi) is 5.57. The Balaban J connectivity index is 0.00000156. The van der Waals surface area contributed by atoms with Gasteiger partial charge >= 0.3 is 0 Å². The van der Waals surface area contributed by atoms with Crippen LogP contribution < -0.4 is 10.6 Å². The summed E-state index contributed by atoms with van der Waals surface area (Å²) in [5, 5.41) is 6.95. The van der Waals surface area contributed by atoms with E-state index in [1.54, 1.807) is 0 Å². The molecule has 0 aromatic heterocycles. The number of carbonyl (C=O) groups is 1. The number of rotatable bonds is 4. The van der Waals surface area contributed by atoms with Crippen molar-refractivity contribution in [1.82, 2.24) is 10.6 Å². The van der Waals surface area contributed by atoms with Crippen molar-refractivity contribution in [3.8, 4) is 0 Å². The highest BCUT2D eigenvalue weighted by molar-refractivity contribution is 5.85. The lowest BCUT2D eigenvalue weighted by molar-refractivity contribution is -0.126. The van der Waals surface area contributed by atoms with Gasteiger partial charge in [0.05, 0.1) is 0 Å². The first-order chi connectivity index (χ1) is 10.7. The topological polar surface area (TPSA) is 41.1 Å². The molecular formula is C19H33ClN2O. The van der Waals surface area contributed by atoms with Gasteiger partial charge < -0.3 is 10.6 Å². The molecule has 0 radical (unpaired) electrons. The quantitative estimate of drug-likeness (QED) is 0.823. The Morgan fingerprint density at radius 1 is 1.13 bits per heavy atom. The predicted molar refractivity (Wildman–Crippen MR) is 95.6 cm³/mol. The minimum Gasteiger partial charge on any atom is -0.353 e. The molecule has 2 atom stereocenters. The number of piperidine rings is 1. The van der Waals surface area contributed by atoms with Gasteiger partial charge in [0.1, 0.15) is 0 Å². The third kappa shape index (κ3) is 3.71. The van der Waals surface area contributed by atoms with Gasteiger partial charge in [-0.05, 0) is 93.5 Å². The summed E-state index contributed by atoms with van der Waals surface area (Å²) in [6.45, 7) is 4.53. The molecule has 0 spiro atoms. The third-order valence-corrected chi connectivity index (χ3v) is 7.20.